The molecule has 3 heteroatoms. The molecule has 0 N–H and O–H groups in total. The first-order chi connectivity index (χ1) is 18.3. The Bertz CT molecular complexity index is 1550. The smallest absolute Gasteiger partial charge is 1.00 e. The first-order valence-corrected chi connectivity index (χ1v) is 14.1. The molecule has 4 aromatic carbocycles. The number of fused-ring (bicyclic) bond motifs is 4. The Morgan fingerprint density at radius 3 is 1.61 bits per heavy atom. The largest absolute Gasteiger partial charge is 2.00 e. The summed E-state index contributed by atoms with van der Waals surface area (Å²) in [5, 5.41) is 0. The number of hydrogen-bond donors (Lipinski definition) is 0. The van der Waals surface area contributed by atoms with Crippen molar-refractivity contribution < 1.29 is 51.0 Å². The third-order valence-electron chi connectivity index (χ3n) is 9.77. The number of hydrogen-bond acceptors (Lipinski definition) is 0. The SMILES string of the molecule is CC(C)(C)C1=CC2C(=C1)C(C)(c1ccccc1)CC2(c1ccccc1)C1c2ccccc2-c2ccccc21.[Cl-].[Cl-].[Zr+2]. The van der Waals surface area contributed by atoms with E-state index in [0.717, 1.165) is 6.42 Å². The van der Waals surface area contributed by atoms with E-state index >= 15 is 0 Å². The van der Waals surface area contributed by atoms with Gasteiger partial charge in [-0.1, -0.05) is 155 Å². The van der Waals surface area contributed by atoms with Crippen LogP contribution >= 0.6 is 0 Å². The molecule has 1 fully saturated rings. The molecule has 206 valence electrons. The van der Waals surface area contributed by atoms with E-state index in [4.69, 9.17) is 0 Å². The predicted octanol–water partition coefficient (Wildman–Crippen LogP) is 3.63. The van der Waals surface area contributed by atoms with E-state index in [1.807, 2.05) is 0 Å². The zero-order valence-corrected chi connectivity index (χ0v) is 28.1. The van der Waals surface area contributed by atoms with Gasteiger partial charge in [0.15, 0.2) is 0 Å². The second-order valence-electron chi connectivity index (χ2n) is 12.8. The average molecular weight is 655 g/mol. The summed E-state index contributed by atoms with van der Waals surface area (Å²) >= 11 is 0. The van der Waals surface area contributed by atoms with Crippen LogP contribution in [0.25, 0.3) is 11.1 Å². The Morgan fingerprint density at radius 2 is 1.10 bits per heavy atom. The van der Waals surface area contributed by atoms with Crippen LogP contribution in [-0.2, 0) is 37.0 Å². The van der Waals surface area contributed by atoms with Gasteiger partial charge in [-0.3, -0.25) is 0 Å². The quantitative estimate of drug-likeness (QED) is 0.317. The Balaban J connectivity index is 0.00000129. The summed E-state index contributed by atoms with van der Waals surface area (Å²) in [6.45, 7) is 9.60. The molecule has 0 spiro atoms. The van der Waals surface area contributed by atoms with Gasteiger partial charge in [0.25, 0.3) is 0 Å². The summed E-state index contributed by atoms with van der Waals surface area (Å²) in [5.41, 5.74) is 11.6. The molecule has 0 aliphatic heterocycles. The van der Waals surface area contributed by atoms with Gasteiger partial charge in [0.2, 0.25) is 0 Å². The Kier molecular flexibility index (Phi) is 8.89. The van der Waals surface area contributed by atoms with Gasteiger partial charge in [0, 0.05) is 22.7 Å². The van der Waals surface area contributed by atoms with Crippen LogP contribution in [0, 0.1) is 11.3 Å². The van der Waals surface area contributed by atoms with E-state index < -0.39 is 0 Å². The summed E-state index contributed by atoms with van der Waals surface area (Å²) in [4.78, 5) is 0. The van der Waals surface area contributed by atoms with Crippen molar-refractivity contribution in [2.45, 2.75) is 50.9 Å². The second kappa shape index (κ2) is 11.5. The van der Waals surface area contributed by atoms with Crippen molar-refractivity contribution in [2.24, 2.45) is 11.3 Å². The van der Waals surface area contributed by atoms with Crippen LogP contribution in [0.2, 0.25) is 0 Å². The summed E-state index contributed by atoms with van der Waals surface area (Å²) in [6, 6.07) is 41.1. The topological polar surface area (TPSA) is 0 Å². The van der Waals surface area contributed by atoms with Crippen molar-refractivity contribution in [3.63, 3.8) is 0 Å². The van der Waals surface area contributed by atoms with Gasteiger partial charge < -0.3 is 24.8 Å². The minimum Gasteiger partial charge on any atom is -1.00 e. The standard InChI is InChI=1S/C38H36.2ClH.Zr/c1-36(2,3)28-23-33-34(24-28)38(27-17-9-6-10-18-27,25-37(33,4)26-15-7-5-8-16-26)35-31-21-13-11-19-29(31)30-20-12-14-22-32(30)35;;;/h5-24,34-35H,25H2,1-4H3;2*1H;/q;;;+2/p-2. The summed E-state index contributed by atoms with van der Waals surface area (Å²) in [5.74, 6) is 0.611. The van der Waals surface area contributed by atoms with Gasteiger partial charge in [-0.15, -0.1) is 0 Å². The zero-order valence-electron chi connectivity index (χ0n) is 24.2. The fourth-order valence-corrected chi connectivity index (χ4v) is 8.03. The Morgan fingerprint density at radius 1 is 0.634 bits per heavy atom. The summed E-state index contributed by atoms with van der Waals surface area (Å²) in [7, 11) is 0. The van der Waals surface area contributed by atoms with Crippen molar-refractivity contribution in [1.82, 2.24) is 0 Å². The van der Waals surface area contributed by atoms with Gasteiger partial charge in [0.05, 0.1) is 0 Å². The zero-order chi connectivity index (χ0) is 26.1. The predicted molar refractivity (Wildman–Crippen MR) is 159 cm³/mol. The van der Waals surface area contributed by atoms with Gasteiger partial charge in [-0.25, -0.2) is 0 Å². The molecule has 7 rings (SSSR count). The minimum absolute atomic E-state index is 0. The van der Waals surface area contributed by atoms with Gasteiger partial charge in [0.1, 0.15) is 0 Å². The maximum absolute atomic E-state index is 2.65. The summed E-state index contributed by atoms with van der Waals surface area (Å²) in [6.07, 6.45) is 6.31. The van der Waals surface area contributed by atoms with E-state index in [2.05, 4.69) is 149 Å². The summed E-state index contributed by atoms with van der Waals surface area (Å²) < 4.78 is 0. The molecule has 0 nitrogen and oxygen atoms in total. The van der Waals surface area contributed by atoms with Gasteiger partial charge >= 0.3 is 26.2 Å². The maximum Gasteiger partial charge on any atom is 2.00 e. The van der Waals surface area contributed by atoms with Crippen LogP contribution in [0.1, 0.15) is 62.3 Å². The third-order valence-corrected chi connectivity index (χ3v) is 9.77. The normalized spacial score (nSPS) is 24.0. The monoisotopic (exact) mass is 652 g/mol. The Hall–Kier alpha value is -2.18. The van der Waals surface area contributed by atoms with Crippen LogP contribution < -0.4 is 24.8 Å². The molecule has 0 radical (unpaired) electrons. The van der Waals surface area contributed by atoms with Crippen molar-refractivity contribution in [1.29, 1.82) is 0 Å². The van der Waals surface area contributed by atoms with Crippen molar-refractivity contribution in [3.8, 4) is 11.1 Å². The van der Waals surface area contributed by atoms with Crippen LogP contribution in [0.15, 0.2) is 132 Å². The van der Waals surface area contributed by atoms with Crippen molar-refractivity contribution >= 4 is 0 Å². The molecule has 3 aliphatic rings. The average Bonchev–Trinajstić information content (AvgIpc) is 3.61. The van der Waals surface area contributed by atoms with Crippen molar-refractivity contribution in [3.05, 3.63) is 155 Å². The van der Waals surface area contributed by atoms with Gasteiger partial charge in [-0.2, -0.15) is 0 Å². The van der Waals surface area contributed by atoms with Crippen LogP contribution in [-0.4, -0.2) is 0 Å². The fourth-order valence-electron chi connectivity index (χ4n) is 8.03. The minimum atomic E-state index is -0.104. The second-order valence-corrected chi connectivity index (χ2v) is 12.8. The third kappa shape index (κ3) is 4.68. The van der Waals surface area contributed by atoms with Crippen LogP contribution in [0.4, 0.5) is 0 Å². The molecule has 0 heterocycles. The van der Waals surface area contributed by atoms with Gasteiger partial charge in [-0.05, 0) is 50.8 Å². The van der Waals surface area contributed by atoms with Crippen LogP contribution in [0.5, 0.6) is 0 Å². The molecule has 3 aliphatic carbocycles. The molecule has 0 amide bonds. The van der Waals surface area contributed by atoms with E-state index in [0.29, 0.717) is 5.92 Å². The molecule has 1 saturated carbocycles. The molecule has 0 aromatic heterocycles. The first-order valence-electron chi connectivity index (χ1n) is 14.1. The first kappa shape index (κ1) is 31.8. The molecule has 41 heavy (non-hydrogen) atoms. The molecule has 3 atom stereocenters. The molecule has 0 saturated heterocycles. The number of rotatable bonds is 3. The number of allylic oxidation sites excluding steroid dienone is 4. The van der Waals surface area contributed by atoms with E-state index in [1.54, 1.807) is 5.57 Å². The van der Waals surface area contributed by atoms with E-state index in [1.165, 1.54) is 39.0 Å². The number of halogens is 2. The maximum atomic E-state index is 2.65. The molecular weight excluding hydrogens is 619 g/mol. The number of benzene rings is 4. The molecular formula is C38H36Cl2Zr. The molecule has 0 bridgehead atoms. The Labute approximate surface area is 277 Å². The van der Waals surface area contributed by atoms with Crippen molar-refractivity contribution in [2.75, 3.05) is 0 Å². The molecule has 3 unspecified atom stereocenters. The van der Waals surface area contributed by atoms with Crippen LogP contribution in [0.3, 0.4) is 0 Å². The molecule has 4 aromatic rings. The van der Waals surface area contributed by atoms with E-state index in [9.17, 15) is 0 Å². The fraction of sp³-hybridized carbons (Fsp3) is 0.263. The van der Waals surface area contributed by atoms with E-state index in [-0.39, 0.29) is 73.2 Å².